The molecular formula is C26H33FN4O4S. The summed E-state index contributed by atoms with van der Waals surface area (Å²) in [7, 11) is -4.19. The molecule has 8 nitrogen and oxygen atoms in total. The third kappa shape index (κ3) is 5.45. The second-order valence-electron chi connectivity index (χ2n) is 9.30. The van der Waals surface area contributed by atoms with Crippen molar-refractivity contribution in [2.75, 3.05) is 26.2 Å². The number of carbonyl (C=O) groups excluding carboxylic acids is 2. The molecule has 2 saturated heterocycles. The van der Waals surface area contributed by atoms with Gasteiger partial charge in [0.15, 0.2) is 0 Å². The smallest absolute Gasteiger partial charge is 0.253 e. The molecule has 2 aromatic carbocycles. The molecule has 10 heteroatoms. The van der Waals surface area contributed by atoms with Gasteiger partial charge in [0.1, 0.15) is 10.7 Å². The summed E-state index contributed by atoms with van der Waals surface area (Å²) in [5, 5.41) is 9.69. The van der Waals surface area contributed by atoms with E-state index in [-0.39, 0.29) is 34.9 Å². The number of hydrogen-bond acceptors (Lipinski definition) is 6. The van der Waals surface area contributed by atoms with Crippen LogP contribution in [0, 0.1) is 11.7 Å². The molecule has 2 aliphatic rings. The number of benzene rings is 2. The van der Waals surface area contributed by atoms with E-state index < -0.39 is 20.5 Å². The molecule has 194 valence electrons. The van der Waals surface area contributed by atoms with Crippen molar-refractivity contribution in [2.24, 2.45) is 5.92 Å². The van der Waals surface area contributed by atoms with Crippen LogP contribution >= 0.6 is 0 Å². The van der Waals surface area contributed by atoms with Crippen molar-refractivity contribution in [2.45, 2.75) is 55.1 Å². The molecule has 0 aromatic heterocycles. The molecule has 2 aromatic rings. The number of halogens is 1. The van der Waals surface area contributed by atoms with E-state index in [4.69, 9.17) is 0 Å². The minimum Gasteiger partial charge on any atom is -0.351 e. The zero-order chi connectivity index (χ0) is 25.9. The summed E-state index contributed by atoms with van der Waals surface area (Å²) in [5.74, 6) is -0.880. The average Bonchev–Trinajstić information content (AvgIpc) is 3.33. The summed E-state index contributed by atoms with van der Waals surface area (Å²) in [6.45, 7) is 6.70. The maximum Gasteiger partial charge on any atom is 0.253 e. The Morgan fingerprint density at radius 1 is 1.11 bits per heavy atom. The molecule has 2 amide bonds. The van der Waals surface area contributed by atoms with Gasteiger partial charge in [-0.3, -0.25) is 9.59 Å². The molecule has 36 heavy (non-hydrogen) atoms. The van der Waals surface area contributed by atoms with Crippen LogP contribution in [0.25, 0.3) is 0 Å². The van der Waals surface area contributed by atoms with E-state index in [1.807, 2.05) is 13.8 Å². The van der Waals surface area contributed by atoms with E-state index in [9.17, 15) is 22.4 Å². The van der Waals surface area contributed by atoms with Gasteiger partial charge >= 0.3 is 0 Å². The zero-order valence-electron chi connectivity index (χ0n) is 20.6. The zero-order valence-corrected chi connectivity index (χ0v) is 21.4. The van der Waals surface area contributed by atoms with Gasteiger partial charge in [0.25, 0.3) is 5.91 Å². The first kappa shape index (κ1) is 26.2. The number of sulfone groups is 1. The lowest BCUT2D eigenvalue weighted by atomic mass is 9.94. The lowest BCUT2D eigenvalue weighted by Gasteiger charge is -2.25. The van der Waals surface area contributed by atoms with Crippen LogP contribution in [0.3, 0.4) is 0 Å². The van der Waals surface area contributed by atoms with Crippen molar-refractivity contribution in [3.8, 4) is 0 Å². The number of nitrogens with zero attached hydrogens (tertiary/aromatic N) is 1. The second kappa shape index (κ2) is 11.1. The first-order valence-electron chi connectivity index (χ1n) is 12.4. The molecule has 3 atom stereocenters. The van der Waals surface area contributed by atoms with Crippen LogP contribution in [0.2, 0.25) is 0 Å². The summed E-state index contributed by atoms with van der Waals surface area (Å²) >= 11 is 0. The fourth-order valence-corrected chi connectivity index (χ4v) is 6.32. The summed E-state index contributed by atoms with van der Waals surface area (Å²) in [6, 6.07) is 9.53. The summed E-state index contributed by atoms with van der Waals surface area (Å²) in [4.78, 5) is 26.2. The number of rotatable bonds is 8. The third-order valence-corrected chi connectivity index (χ3v) is 8.88. The summed E-state index contributed by atoms with van der Waals surface area (Å²) < 4.78 is 40.9. The third-order valence-electron chi connectivity index (χ3n) is 7.10. The highest BCUT2D eigenvalue weighted by atomic mass is 32.2. The predicted octanol–water partition coefficient (Wildman–Crippen LogP) is 2.10. The van der Waals surface area contributed by atoms with Crippen LogP contribution in [0.1, 0.15) is 42.6 Å². The Morgan fingerprint density at radius 2 is 1.83 bits per heavy atom. The van der Waals surface area contributed by atoms with E-state index in [1.165, 1.54) is 18.2 Å². The van der Waals surface area contributed by atoms with Crippen LogP contribution < -0.4 is 16.0 Å². The van der Waals surface area contributed by atoms with Crippen LogP contribution in [-0.4, -0.2) is 63.4 Å². The Morgan fingerprint density at radius 3 is 2.50 bits per heavy atom. The SMILES string of the molecule is CCN(CC)C(=O)c1ccc(F)c(S(=O)(=O)c2ccc(CNC(=O)C3CC4CNCCC4N3)cc2)c1. The van der Waals surface area contributed by atoms with E-state index in [0.29, 0.717) is 25.0 Å². The fraction of sp³-hybridized carbons (Fsp3) is 0.462. The monoisotopic (exact) mass is 516 g/mol. The summed E-state index contributed by atoms with van der Waals surface area (Å²) in [6.07, 6.45) is 1.81. The molecule has 3 N–H and O–H groups in total. The Balaban J connectivity index is 1.43. The number of fused-ring (bicyclic) bond motifs is 1. The van der Waals surface area contributed by atoms with Gasteiger partial charge in [-0.2, -0.15) is 0 Å². The second-order valence-corrected chi connectivity index (χ2v) is 11.2. The number of nitrogens with one attached hydrogen (secondary N) is 3. The van der Waals surface area contributed by atoms with Gasteiger partial charge in [-0.05, 0) is 81.6 Å². The Bertz CT molecular complexity index is 1200. The molecule has 0 spiro atoms. The lowest BCUT2D eigenvalue weighted by molar-refractivity contribution is -0.123. The van der Waals surface area contributed by atoms with Gasteiger partial charge in [0.05, 0.1) is 10.9 Å². The van der Waals surface area contributed by atoms with Crippen LogP contribution in [0.4, 0.5) is 4.39 Å². The van der Waals surface area contributed by atoms with E-state index in [0.717, 1.165) is 43.6 Å². The topological polar surface area (TPSA) is 108 Å². The van der Waals surface area contributed by atoms with Gasteiger partial charge in [-0.25, -0.2) is 12.8 Å². The van der Waals surface area contributed by atoms with E-state index in [2.05, 4.69) is 16.0 Å². The van der Waals surface area contributed by atoms with Crippen molar-refractivity contribution >= 4 is 21.7 Å². The number of piperidine rings is 1. The summed E-state index contributed by atoms with van der Waals surface area (Å²) in [5.41, 5.74) is 0.847. The fourth-order valence-electron chi connectivity index (χ4n) is 4.96. The first-order chi connectivity index (χ1) is 17.2. The van der Waals surface area contributed by atoms with Crippen molar-refractivity contribution in [3.05, 3.63) is 59.4 Å². The molecule has 2 fully saturated rings. The molecule has 0 radical (unpaired) electrons. The predicted molar refractivity (Wildman–Crippen MR) is 134 cm³/mol. The normalized spacial score (nSPS) is 21.6. The maximum absolute atomic E-state index is 14.6. The van der Waals surface area contributed by atoms with Gasteiger partial charge in [0.2, 0.25) is 15.7 Å². The van der Waals surface area contributed by atoms with Crippen LogP contribution in [0.5, 0.6) is 0 Å². The van der Waals surface area contributed by atoms with E-state index in [1.54, 1.807) is 17.0 Å². The highest BCUT2D eigenvalue weighted by Crippen LogP contribution is 2.26. The largest absolute Gasteiger partial charge is 0.351 e. The number of hydrogen-bond donors (Lipinski definition) is 3. The minimum absolute atomic E-state index is 0.0714. The number of amides is 2. The van der Waals surface area contributed by atoms with Crippen molar-refractivity contribution < 1.29 is 22.4 Å². The Labute approximate surface area is 211 Å². The van der Waals surface area contributed by atoms with Gasteiger partial charge in [0, 0.05) is 31.2 Å². The van der Waals surface area contributed by atoms with Crippen LogP contribution in [0.15, 0.2) is 52.3 Å². The molecule has 2 heterocycles. The van der Waals surface area contributed by atoms with Crippen LogP contribution in [-0.2, 0) is 21.2 Å². The standard InChI is InChI=1S/C26H33FN4O4S/c1-3-31(4-2)26(33)18-7-10-21(27)24(14-18)36(34,35)20-8-5-17(6-9-20)15-29-25(32)23-13-19-16-28-12-11-22(19)30-23/h5-10,14,19,22-23,28,30H,3-4,11-13,15-16H2,1-2H3,(H,29,32). The molecule has 4 rings (SSSR count). The van der Waals surface area contributed by atoms with Gasteiger partial charge in [-0.1, -0.05) is 12.1 Å². The highest BCUT2D eigenvalue weighted by Gasteiger charge is 2.38. The molecule has 2 aliphatic heterocycles. The van der Waals surface area contributed by atoms with Gasteiger partial charge in [-0.15, -0.1) is 0 Å². The lowest BCUT2D eigenvalue weighted by Crippen LogP contribution is -2.45. The molecule has 0 bridgehead atoms. The average molecular weight is 517 g/mol. The Kier molecular flexibility index (Phi) is 8.07. The van der Waals surface area contributed by atoms with Crippen molar-refractivity contribution in [3.63, 3.8) is 0 Å². The molecule has 0 aliphatic carbocycles. The first-order valence-corrected chi connectivity index (χ1v) is 13.9. The van der Waals surface area contributed by atoms with E-state index >= 15 is 0 Å². The molecule has 3 unspecified atom stereocenters. The molecule has 0 saturated carbocycles. The number of carbonyl (C=O) groups is 2. The maximum atomic E-state index is 14.6. The van der Waals surface area contributed by atoms with Gasteiger partial charge < -0.3 is 20.9 Å². The Hall–Kier alpha value is -2.82. The highest BCUT2D eigenvalue weighted by molar-refractivity contribution is 7.91. The molecular weight excluding hydrogens is 483 g/mol. The van der Waals surface area contributed by atoms with Crippen molar-refractivity contribution in [1.82, 2.24) is 20.9 Å². The van der Waals surface area contributed by atoms with Crippen molar-refractivity contribution in [1.29, 1.82) is 0 Å². The minimum atomic E-state index is -4.19. The quantitative estimate of drug-likeness (QED) is 0.496.